The molecule has 0 radical (unpaired) electrons. The molecule has 1 saturated heterocycles. The van der Waals surface area contributed by atoms with Gasteiger partial charge in [0.25, 0.3) is 0 Å². The van der Waals surface area contributed by atoms with E-state index in [1.807, 2.05) is 0 Å². The molecule has 1 aliphatic heterocycles. The number of likely N-dealkylation sites (tertiary alicyclic amines) is 1. The van der Waals surface area contributed by atoms with E-state index in [1.54, 1.807) is 0 Å². The Bertz CT molecular complexity index is 409. The number of halogens is 3. The van der Waals surface area contributed by atoms with E-state index in [1.165, 1.54) is 12.1 Å². The van der Waals surface area contributed by atoms with Gasteiger partial charge in [-0.05, 0) is 50.0 Å². The standard InChI is InChI=1S/C13H17F3N2/c14-13(15,16)12-9-11(17)4-3-10(12)5-8-18-6-1-2-7-18/h3-4,9H,1-2,5-8,17H2. The number of nitrogens with two attached hydrogens (primary N) is 1. The molecule has 0 aromatic heterocycles. The second kappa shape index (κ2) is 5.18. The Labute approximate surface area is 105 Å². The molecule has 1 aromatic carbocycles. The zero-order valence-corrected chi connectivity index (χ0v) is 10.1. The highest BCUT2D eigenvalue weighted by molar-refractivity contribution is 5.46. The molecule has 0 bridgehead atoms. The molecule has 5 heteroatoms. The average molecular weight is 258 g/mol. The maximum absolute atomic E-state index is 12.9. The van der Waals surface area contributed by atoms with Gasteiger partial charge in [0.15, 0.2) is 0 Å². The van der Waals surface area contributed by atoms with E-state index in [4.69, 9.17) is 5.73 Å². The lowest BCUT2D eigenvalue weighted by molar-refractivity contribution is -0.138. The normalized spacial score (nSPS) is 17.3. The topological polar surface area (TPSA) is 29.3 Å². The highest BCUT2D eigenvalue weighted by Gasteiger charge is 2.33. The number of alkyl halides is 3. The van der Waals surface area contributed by atoms with Crippen LogP contribution in [0, 0.1) is 0 Å². The van der Waals surface area contributed by atoms with Crippen LogP contribution in [0.4, 0.5) is 18.9 Å². The summed E-state index contributed by atoms with van der Waals surface area (Å²) in [4.78, 5) is 2.20. The van der Waals surface area contributed by atoms with Gasteiger partial charge in [-0.3, -0.25) is 0 Å². The van der Waals surface area contributed by atoms with Crippen molar-refractivity contribution in [2.75, 3.05) is 25.4 Å². The van der Waals surface area contributed by atoms with E-state index >= 15 is 0 Å². The zero-order valence-electron chi connectivity index (χ0n) is 10.1. The van der Waals surface area contributed by atoms with Crippen LogP contribution >= 0.6 is 0 Å². The molecule has 100 valence electrons. The van der Waals surface area contributed by atoms with Crippen molar-refractivity contribution in [1.82, 2.24) is 4.90 Å². The lowest BCUT2D eigenvalue weighted by atomic mass is 10.0. The highest BCUT2D eigenvalue weighted by atomic mass is 19.4. The molecule has 0 unspecified atom stereocenters. The molecule has 0 amide bonds. The number of nitrogen functional groups attached to an aromatic ring is 1. The molecule has 2 nitrogen and oxygen atoms in total. The van der Waals surface area contributed by atoms with Gasteiger partial charge < -0.3 is 10.6 Å². The molecule has 0 spiro atoms. The molecule has 0 aliphatic carbocycles. The van der Waals surface area contributed by atoms with Crippen LogP contribution in [0.1, 0.15) is 24.0 Å². The summed E-state index contributed by atoms with van der Waals surface area (Å²) < 4.78 is 38.6. The number of rotatable bonds is 3. The average Bonchev–Trinajstić information content (AvgIpc) is 2.79. The predicted molar refractivity (Wildman–Crippen MR) is 65.2 cm³/mol. The second-order valence-corrected chi connectivity index (χ2v) is 4.71. The summed E-state index contributed by atoms with van der Waals surface area (Å²) in [5.41, 5.74) is 5.33. The number of hydrogen-bond donors (Lipinski definition) is 1. The fraction of sp³-hybridized carbons (Fsp3) is 0.538. The van der Waals surface area contributed by atoms with Gasteiger partial charge >= 0.3 is 6.18 Å². The lowest BCUT2D eigenvalue weighted by Crippen LogP contribution is -2.23. The third-order valence-corrected chi connectivity index (χ3v) is 3.34. The maximum Gasteiger partial charge on any atom is 0.416 e. The van der Waals surface area contributed by atoms with Crippen molar-refractivity contribution in [2.45, 2.75) is 25.4 Å². The summed E-state index contributed by atoms with van der Waals surface area (Å²) >= 11 is 0. The van der Waals surface area contributed by atoms with E-state index in [0.29, 0.717) is 18.5 Å². The summed E-state index contributed by atoms with van der Waals surface area (Å²) in [6.45, 7) is 2.68. The van der Waals surface area contributed by atoms with Gasteiger partial charge in [0.05, 0.1) is 5.56 Å². The van der Waals surface area contributed by atoms with Crippen molar-refractivity contribution in [3.05, 3.63) is 29.3 Å². The van der Waals surface area contributed by atoms with E-state index in [2.05, 4.69) is 4.90 Å². The van der Waals surface area contributed by atoms with Crippen molar-refractivity contribution >= 4 is 5.69 Å². The molecule has 2 rings (SSSR count). The summed E-state index contributed by atoms with van der Waals surface area (Å²) in [6, 6.07) is 4.06. The van der Waals surface area contributed by atoms with Crippen LogP contribution in [0.2, 0.25) is 0 Å². The Morgan fingerprint density at radius 1 is 1.17 bits per heavy atom. The number of hydrogen-bond acceptors (Lipinski definition) is 2. The Morgan fingerprint density at radius 3 is 2.44 bits per heavy atom. The molecular formula is C13H17F3N2. The van der Waals surface area contributed by atoms with Crippen molar-refractivity contribution in [3.63, 3.8) is 0 Å². The van der Waals surface area contributed by atoms with Crippen LogP contribution in [0.15, 0.2) is 18.2 Å². The summed E-state index contributed by atoms with van der Waals surface area (Å²) in [5, 5.41) is 0. The van der Waals surface area contributed by atoms with Gasteiger partial charge in [-0.25, -0.2) is 0 Å². The predicted octanol–water partition coefficient (Wildman–Crippen LogP) is 2.93. The van der Waals surface area contributed by atoms with E-state index in [0.717, 1.165) is 32.0 Å². The number of nitrogens with zero attached hydrogens (tertiary/aromatic N) is 1. The molecule has 18 heavy (non-hydrogen) atoms. The first-order valence-corrected chi connectivity index (χ1v) is 6.15. The molecule has 2 N–H and O–H groups in total. The van der Waals surface area contributed by atoms with E-state index in [-0.39, 0.29) is 5.69 Å². The van der Waals surface area contributed by atoms with Crippen LogP contribution in [0.25, 0.3) is 0 Å². The SMILES string of the molecule is Nc1ccc(CCN2CCCC2)c(C(F)(F)F)c1. The Hall–Kier alpha value is -1.23. The third kappa shape index (κ3) is 3.16. The van der Waals surface area contributed by atoms with Gasteiger partial charge in [0, 0.05) is 12.2 Å². The fourth-order valence-corrected chi connectivity index (χ4v) is 2.36. The first-order chi connectivity index (χ1) is 8.47. The second-order valence-electron chi connectivity index (χ2n) is 4.71. The van der Waals surface area contributed by atoms with Crippen molar-refractivity contribution < 1.29 is 13.2 Å². The first kappa shape index (κ1) is 13.2. The Kier molecular flexibility index (Phi) is 3.80. The minimum Gasteiger partial charge on any atom is -0.399 e. The molecular weight excluding hydrogens is 241 g/mol. The van der Waals surface area contributed by atoms with Gasteiger partial charge in [0.2, 0.25) is 0 Å². The Morgan fingerprint density at radius 2 is 1.83 bits per heavy atom. The van der Waals surface area contributed by atoms with Crippen molar-refractivity contribution in [1.29, 1.82) is 0 Å². The van der Waals surface area contributed by atoms with Crippen LogP contribution in [-0.4, -0.2) is 24.5 Å². The zero-order chi connectivity index (χ0) is 13.2. The molecule has 1 aliphatic rings. The van der Waals surface area contributed by atoms with Gasteiger partial charge in [-0.15, -0.1) is 0 Å². The maximum atomic E-state index is 12.9. The van der Waals surface area contributed by atoms with E-state index < -0.39 is 11.7 Å². The minimum atomic E-state index is -4.32. The smallest absolute Gasteiger partial charge is 0.399 e. The quantitative estimate of drug-likeness (QED) is 0.845. The van der Waals surface area contributed by atoms with E-state index in [9.17, 15) is 13.2 Å². The Balaban J connectivity index is 2.11. The molecule has 0 atom stereocenters. The van der Waals surface area contributed by atoms with Crippen LogP contribution in [-0.2, 0) is 12.6 Å². The summed E-state index contributed by atoms with van der Waals surface area (Å²) in [6.07, 6.45) is -1.60. The third-order valence-electron chi connectivity index (χ3n) is 3.34. The van der Waals surface area contributed by atoms with Crippen LogP contribution < -0.4 is 5.73 Å². The highest BCUT2D eigenvalue weighted by Crippen LogP contribution is 2.33. The monoisotopic (exact) mass is 258 g/mol. The van der Waals surface area contributed by atoms with Gasteiger partial charge in [-0.1, -0.05) is 6.07 Å². The fourth-order valence-electron chi connectivity index (χ4n) is 2.36. The lowest BCUT2D eigenvalue weighted by Gasteiger charge is -2.17. The largest absolute Gasteiger partial charge is 0.416 e. The van der Waals surface area contributed by atoms with Gasteiger partial charge in [0.1, 0.15) is 0 Å². The molecule has 1 aromatic rings. The van der Waals surface area contributed by atoms with Crippen LogP contribution in [0.3, 0.4) is 0 Å². The van der Waals surface area contributed by atoms with Gasteiger partial charge in [-0.2, -0.15) is 13.2 Å². The number of benzene rings is 1. The minimum absolute atomic E-state index is 0.159. The summed E-state index contributed by atoms with van der Waals surface area (Å²) in [5.74, 6) is 0. The number of anilines is 1. The van der Waals surface area contributed by atoms with Crippen LogP contribution in [0.5, 0.6) is 0 Å². The first-order valence-electron chi connectivity index (χ1n) is 6.15. The molecule has 1 heterocycles. The molecule has 0 saturated carbocycles. The molecule has 1 fully saturated rings. The van der Waals surface area contributed by atoms with Crippen molar-refractivity contribution in [2.24, 2.45) is 0 Å². The van der Waals surface area contributed by atoms with Crippen molar-refractivity contribution in [3.8, 4) is 0 Å². The summed E-state index contributed by atoms with van der Waals surface area (Å²) in [7, 11) is 0.